The van der Waals surface area contributed by atoms with E-state index in [1.807, 2.05) is 22.7 Å². The molecule has 20 aromatic rings. The molecular weight excluding hydrogens is 1170 g/mol. The van der Waals surface area contributed by atoms with Crippen molar-refractivity contribution in [2.45, 2.75) is 0 Å². The Hall–Kier alpha value is -11.5. The number of fused-ring (bicyclic) bond motifs is 14. The maximum absolute atomic E-state index is 2.50. The third kappa shape index (κ3) is 8.17. The second kappa shape index (κ2) is 21.0. The number of hydrogen-bond donors (Lipinski definition) is 0. The molecule has 0 nitrogen and oxygen atoms in total. The molecule has 0 aliphatic heterocycles. The van der Waals surface area contributed by atoms with E-state index in [0.717, 1.165) is 0 Å². The first-order valence-electron chi connectivity index (χ1n) is 32.4. The van der Waals surface area contributed by atoms with Crippen LogP contribution in [0, 0.1) is 0 Å². The summed E-state index contributed by atoms with van der Waals surface area (Å²) in [6.07, 6.45) is 0. The van der Waals surface area contributed by atoms with Crippen molar-refractivity contribution in [1.82, 2.24) is 0 Å². The molecule has 94 heavy (non-hydrogen) atoms. The van der Waals surface area contributed by atoms with Crippen molar-refractivity contribution in [2.24, 2.45) is 0 Å². The highest BCUT2D eigenvalue weighted by molar-refractivity contribution is 7.26. The summed E-state index contributed by atoms with van der Waals surface area (Å²) in [6.45, 7) is 0. The molecule has 0 saturated carbocycles. The van der Waals surface area contributed by atoms with Gasteiger partial charge >= 0.3 is 0 Å². The van der Waals surface area contributed by atoms with Gasteiger partial charge in [-0.15, -0.1) is 22.7 Å². The first-order chi connectivity index (χ1) is 46.6. The molecule has 0 atom stereocenters. The molecule has 0 unspecified atom stereocenters. The minimum atomic E-state index is 1.19. The molecule has 0 fully saturated rings. The van der Waals surface area contributed by atoms with Crippen molar-refractivity contribution in [3.63, 3.8) is 0 Å². The average Bonchev–Trinajstić information content (AvgIpc) is 0.778. The number of benzene rings is 18. The molecule has 0 spiro atoms. The van der Waals surface area contributed by atoms with Gasteiger partial charge < -0.3 is 0 Å². The van der Waals surface area contributed by atoms with Gasteiger partial charge in [0, 0.05) is 40.3 Å². The van der Waals surface area contributed by atoms with Crippen LogP contribution in [-0.4, -0.2) is 0 Å². The minimum absolute atomic E-state index is 1.19. The standard InChI is InChI=1S/C92H54S2/c1-2-20-57-51-63(42-38-55(57)18-1)87-72-25-7-8-26-73(72)88(81-53-61(44-46-77(81)87)67-31-16-36-85-91(67)79-29-11-13-34-83(79)93-85)64-43-40-58-50-60(41-39-59(58)52-64)66-48-49-76(70-24-6-5-23-69(66)70)89-74-27-9-10-28-75(74)90(71-33-15-21-56-19-3-4-22-65(56)71)82-54-62(45-47-78(82)89)68-32-17-37-86-92(68)80-30-12-14-35-84(80)94-86/h1-54H. The number of hydrogen-bond acceptors (Lipinski definition) is 2. The van der Waals surface area contributed by atoms with E-state index in [9.17, 15) is 0 Å². The van der Waals surface area contributed by atoms with Crippen LogP contribution in [0.3, 0.4) is 0 Å². The van der Waals surface area contributed by atoms with Gasteiger partial charge in [-0.3, -0.25) is 0 Å². The van der Waals surface area contributed by atoms with E-state index in [2.05, 4.69) is 328 Å². The molecule has 2 heterocycles. The maximum atomic E-state index is 2.50. The van der Waals surface area contributed by atoms with Crippen LogP contribution in [0.4, 0.5) is 0 Å². The van der Waals surface area contributed by atoms with Crippen molar-refractivity contribution < 1.29 is 0 Å². The molecule has 0 saturated heterocycles. The van der Waals surface area contributed by atoms with Gasteiger partial charge in [0.2, 0.25) is 0 Å². The number of rotatable bonds is 7. The average molecular weight is 1220 g/mol. The number of thiophene rings is 2. The van der Waals surface area contributed by atoms with Crippen molar-refractivity contribution >= 4 is 149 Å². The summed E-state index contributed by atoms with van der Waals surface area (Å²) < 4.78 is 5.25. The van der Waals surface area contributed by atoms with Crippen LogP contribution >= 0.6 is 22.7 Å². The van der Waals surface area contributed by atoms with E-state index in [1.54, 1.807) is 0 Å². The van der Waals surface area contributed by atoms with E-state index in [4.69, 9.17) is 0 Å². The van der Waals surface area contributed by atoms with Crippen LogP contribution < -0.4 is 0 Å². The molecule has 2 aromatic heterocycles. The first-order valence-corrected chi connectivity index (χ1v) is 34.1. The Morgan fingerprint density at radius 3 is 1.09 bits per heavy atom. The van der Waals surface area contributed by atoms with E-state index < -0.39 is 0 Å². The van der Waals surface area contributed by atoms with Crippen LogP contribution in [0.1, 0.15) is 0 Å². The third-order valence-electron chi connectivity index (χ3n) is 20.2. The zero-order valence-corrected chi connectivity index (χ0v) is 52.6. The summed E-state index contributed by atoms with van der Waals surface area (Å²) in [5, 5.41) is 25.0. The molecule has 2 heteroatoms. The molecule has 0 aliphatic rings. The van der Waals surface area contributed by atoms with Crippen LogP contribution in [0.15, 0.2) is 328 Å². The van der Waals surface area contributed by atoms with Gasteiger partial charge in [0.15, 0.2) is 0 Å². The van der Waals surface area contributed by atoms with E-state index in [0.29, 0.717) is 0 Å². The predicted octanol–water partition coefficient (Wildman–Crippen LogP) is 27.3. The van der Waals surface area contributed by atoms with Crippen LogP contribution in [0.25, 0.3) is 204 Å². The largest absolute Gasteiger partial charge is 0.135 e. The Kier molecular flexibility index (Phi) is 11.9. The first kappa shape index (κ1) is 53.2. The molecule has 0 bridgehead atoms. The Balaban J connectivity index is 0.759. The Labute approximate surface area is 550 Å². The molecule has 434 valence electrons. The van der Waals surface area contributed by atoms with E-state index in [-0.39, 0.29) is 0 Å². The lowest BCUT2D eigenvalue weighted by Gasteiger charge is -2.21. The Bertz CT molecular complexity index is 6610. The normalized spacial score (nSPS) is 12.0. The van der Waals surface area contributed by atoms with Crippen molar-refractivity contribution in [3.05, 3.63) is 328 Å². The molecule has 20 rings (SSSR count). The predicted molar refractivity (Wildman–Crippen MR) is 410 cm³/mol. The highest BCUT2D eigenvalue weighted by Crippen LogP contribution is 2.52. The minimum Gasteiger partial charge on any atom is -0.135 e. The fourth-order valence-corrected chi connectivity index (χ4v) is 18.3. The van der Waals surface area contributed by atoms with Crippen LogP contribution in [0.2, 0.25) is 0 Å². The Morgan fingerprint density at radius 1 is 0.149 bits per heavy atom. The van der Waals surface area contributed by atoms with Crippen molar-refractivity contribution in [3.8, 4) is 77.9 Å². The second-order valence-corrected chi connectivity index (χ2v) is 27.4. The van der Waals surface area contributed by atoms with Gasteiger partial charge in [-0.05, 0) is 219 Å². The zero-order valence-electron chi connectivity index (χ0n) is 51.0. The van der Waals surface area contributed by atoms with Crippen molar-refractivity contribution in [2.75, 3.05) is 0 Å². The highest BCUT2D eigenvalue weighted by atomic mass is 32.1. The van der Waals surface area contributed by atoms with Crippen molar-refractivity contribution in [1.29, 1.82) is 0 Å². The lowest BCUT2D eigenvalue weighted by Crippen LogP contribution is -1.94. The lowest BCUT2D eigenvalue weighted by molar-refractivity contribution is 1.65. The summed E-state index contributed by atoms with van der Waals surface area (Å²) in [4.78, 5) is 0. The highest BCUT2D eigenvalue weighted by Gasteiger charge is 2.24. The fourth-order valence-electron chi connectivity index (χ4n) is 16.1. The summed E-state index contributed by atoms with van der Waals surface area (Å²) in [7, 11) is 0. The molecular formula is C92H54S2. The quantitative estimate of drug-likeness (QED) is 0.140. The molecule has 18 aromatic carbocycles. The van der Waals surface area contributed by atoms with Gasteiger partial charge in [0.1, 0.15) is 0 Å². The molecule has 0 radical (unpaired) electrons. The molecule has 0 amide bonds. The van der Waals surface area contributed by atoms with E-state index >= 15 is 0 Å². The van der Waals surface area contributed by atoms with Gasteiger partial charge in [-0.2, -0.15) is 0 Å². The van der Waals surface area contributed by atoms with Crippen LogP contribution in [0.5, 0.6) is 0 Å². The van der Waals surface area contributed by atoms with Gasteiger partial charge in [-0.25, -0.2) is 0 Å². The second-order valence-electron chi connectivity index (χ2n) is 25.2. The van der Waals surface area contributed by atoms with Crippen LogP contribution in [-0.2, 0) is 0 Å². The third-order valence-corrected chi connectivity index (χ3v) is 22.5. The van der Waals surface area contributed by atoms with Gasteiger partial charge in [-0.1, -0.05) is 273 Å². The summed E-state index contributed by atoms with van der Waals surface area (Å²) in [5.74, 6) is 0. The SMILES string of the molecule is c1ccc2cc(-c3c4ccccc4c(-c4ccc5cc(-c6ccc(-c7c8ccccc8c(-c8cccc9ccccc89)c8cc(-c9cccc%10sc%11ccccc%11c9%10)ccc78)c7ccccc67)ccc5c4)c4cc(-c5cccc6sc7ccccc7c56)ccc34)ccc2c1. The Morgan fingerprint density at radius 2 is 0.479 bits per heavy atom. The van der Waals surface area contributed by atoms with Gasteiger partial charge in [0.25, 0.3) is 0 Å². The topological polar surface area (TPSA) is 0 Å². The fraction of sp³-hybridized carbons (Fsp3) is 0. The smallest absolute Gasteiger partial charge is 0.0361 e. The summed E-state index contributed by atoms with van der Waals surface area (Å²) in [5.41, 5.74) is 17.3. The lowest BCUT2D eigenvalue weighted by atomic mass is 9.82. The zero-order chi connectivity index (χ0) is 61.5. The monoisotopic (exact) mass is 1220 g/mol. The molecule has 0 aliphatic carbocycles. The molecule has 0 N–H and O–H groups in total. The summed E-state index contributed by atoms with van der Waals surface area (Å²) >= 11 is 3.76. The van der Waals surface area contributed by atoms with E-state index in [1.165, 1.54) is 204 Å². The van der Waals surface area contributed by atoms with Gasteiger partial charge in [0.05, 0.1) is 0 Å². The summed E-state index contributed by atoms with van der Waals surface area (Å²) in [6, 6.07) is 124. The maximum Gasteiger partial charge on any atom is 0.0361 e.